The van der Waals surface area contributed by atoms with Crippen molar-refractivity contribution >= 4 is 15.9 Å². The van der Waals surface area contributed by atoms with Gasteiger partial charge in [-0.3, -0.25) is 4.79 Å². The number of amides is 1. The van der Waals surface area contributed by atoms with Crippen molar-refractivity contribution < 1.29 is 18.3 Å². The van der Waals surface area contributed by atoms with Crippen LogP contribution >= 0.6 is 0 Å². The molecule has 6 nitrogen and oxygen atoms in total. The first kappa shape index (κ1) is 15.5. The van der Waals surface area contributed by atoms with Gasteiger partial charge in [0.1, 0.15) is 6.61 Å². The third-order valence-electron chi connectivity index (χ3n) is 3.06. The van der Waals surface area contributed by atoms with Crippen molar-refractivity contribution in [2.75, 3.05) is 13.2 Å². The number of carbonyl (C=O) groups is 1. The Labute approximate surface area is 123 Å². The number of rotatable bonds is 3. The summed E-state index contributed by atoms with van der Waals surface area (Å²) in [5.74, 6) is 5.13. The lowest BCUT2D eigenvalue weighted by Gasteiger charge is -2.23. The summed E-state index contributed by atoms with van der Waals surface area (Å²) in [4.78, 5) is 11.2. The van der Waals surface area contributed by atoms with Crippen molar-refractivity contribution in [2.24, 2.45) is 0 Å². The van der Waals surface area contributed by atoms with E-state index in [1.54, 1.807) is 12.1 Å². The van der Waals surface area contributed by atoms with Gasteiger partial charge in [0.2, 0.25) is 15.9 Å². The highest BCUT2D eigenvalue weighted by atomic mass is 32.2. The molecule has 3 N–H and O–H groups in total. The first-order valence-electron chi connectivity index (χ1n) is 6.50. The highest BCUT2D eigenvalue weighted by molar-refractivity contribution is 7.89. The second-order valence-corrected chi connectivity index (χ2v) is 6.36. The van der Waals surface area contributed by atoms with Gasteiger partial charge in [-0.1, -0.05) is 11.8 Å². The van der Waals surface area contributed by atoms with Crippen molar-refractivity contribution in [3.8, 4) is 11.8 Å². The molecule has 1 saturated heterocycles. The molecular formula is C14H16N2O4S. The summed E-state index contributed by atoms with van der Waals surface area (Å²) in [5, 5.41) is 11.2. The predicted octanol–water partition coefficient (Wildman–Crippen LogP) is -0.413. The van der Waals surface area contributed by atoms with Gasteiger partial charge in [0.15, 0.2) is 0 Å². The van der Waals surface area contributed by atoms with Crippen LogP contribution in [-0.2, 0) is 14.8 Å². The van der Waals surface area contributed by atoms with Gasteiger partial charge >= 0.3 is 0 Å². The van der Waals surface area contributed by atoms with Crippen LogP contribution < -0.4 is 10.0 Å². The topological polar surface area (TPSA) is 95.5 Å². The zero-order valence-corrected chi connectivity index (χ0v) is 12.1. The molecule has 1 aromatic rings. The van der Waals surface area contributed by atoms with E-state index < -0.39 is 10.0 Å². The molecule has 1 heterocycles. The number of aliphatic hydroxyl groups excluding tert-OH is 1. The number of benzene rings is 1. The van der Waals surface area contributed by atoms with Crippen molar-refractivity contribution in [3.63, 3.8) is 0 Å². The summed E-state index contributed by atoms with van der Waals surface area (Å²) in [6.07, 6.45) is 0.813. The van der Waals surface area contributed by atoms with Crippen LogP contribution in [0.15, 0.2) is 29.2 Å². The van der Waals surface area contributed by atoms with Crippen LogP contribution in [0.3, 0.4) is 0 Å². The zero-order valence-electron chi connectivity index (χ0n) is 11.3. The molecule has 2 rings (SSSR count). The van der Waals surface area contributed by atoms with Crippen LogP contribution in [0.5, 0.6) is 0 Å². The molecule has 0 aromatic heterocycles. The molecule has 1 unspecified atom stereocenters. The smallest absolute Gasteiger partial charge is 0.240 e. The molecule has 1 fully saturated rings. The summed E-state index contributed by atoms with van der Waals surface area (Å²) < 4.78 is 27.0. The number of hydrogen-bond donors (Lipinski definition) is 3. The Balaban J connectivity index is 2.07. The van der Waals surface area contributed by atoms with E-state index in [2.05, 4.69) is 21.9 Å². The minimum Gasteiger partial charge on any atom is -0.384 e. The molecular weight excluding hydrogens is 292 g/mol. The Bertz CT molecular complexity index is 661. The lowest BCUT2D eigenvalue weighted by atomic mass is 10.1. The van der Waals surface area contributed by atoms with Gasteiger partial charge in [0, 0.05) is 24.6 Å². The van der Waals surface area contributed by atoms with E-state index in [1.807, 2.05) is 0 Å². The Hall–Kier alpha value is -1.88. The number of hydrogen-bond acceptors (Lipinski definition) is 4. The number of piperidine rings is 1. The van der Waals surface area contributed by atoms with Crippen molar-refractivity contribution in [2.45, 2.75) is 23.8 Å². The van der Waals surface area contributed by atoms with Gasteiger partial charge in [-0.15, -0.1) is 0 Å². The van der Waals surface area contributed by atoms with Crippen LogP contribution in [0.1, 0.15) is 18.4 Å². The summed E-state index contributed by atoms with van der Waals surface area (Å²) in [5.41, 5.74) is 0.632. The van der Waals surface area contributed by atoms with Crippen LogP contribution in [-0.4, -0.2) is 38.6 Å². The van der Waals surface area contributed by atoms with Crippen molar-refractivity contribution in [1.82, 2.24) is 10.0 Å². The van der Waals surface area contributed by atoms with Crippen molar-refractivity contribution in [1.29, 1.82) is 0 Å². The third kappa shape index (κ3) is 4.29. The van der Waals surface area contributed by atoms with E-state index >= 15 is 0 Å². The minimum absolute atomic E-state index is 0.0581. The fourth-order valence-corrected chi connectivity index (χ4v) is 3.25. The normalized spacial score (nSPS) is 18.5. The molecule has 1 atom stereocenters. The summed E-state index contributed by atoms with van der Waals surface area (Å²) >= 11 is 0. The van der Waals surface area contributed by atoms with E-state index in [4.69, 9.17) is 5.11 Å². The molecule has 0 spiro atoms. The van der Waals surface area contributed by atoms with Crippen LogP contribution in [0.4, 0.5) is 0 Å². The summed E-state index contributed by atoms with van der Waals surface area (Å²) in [6.45, 7) is 0.0626. The van der Waals surface area contributed by atoms with E-state index in [1.165, 1.54) is 12.1 Å². The second-order valence-electron chi connectivity index (χ2n) is 4.65. The molecule has 0 saturated carbocycles. The molecule has 1 aliphatic heterocycles. The molecule has 0 aliphatic carbocycles. The van der Waals surface area contributed by atoms with E-state index in [0.29, 0.717) is 24.9 Å². The SMILES string of the molecule is O=C1CCC(NS(=O)(=O)c2ccc(C#CCO)cc2)CN1. The molecule has 7 heteroatoms. The highest BCUT2D eigenvalue weighted by Crippen LogP contribution is 2.12. The van der Waals surface area contributed by atoms with Gasteiger partial charge in [0.05, 0.1) is 4.90 Å². The number of carbonyl (C=O) groups excluding carboxylic acids is 1. The molecule has 112 valence electrons. The van der Waals surface area contributed by atoms with Gasteiger partial charge < -0.3 is 10.4 Å². The first-order chi connectivity index (χ1) is 10.0. The van der Waals surface area contributed by atoms with Crippen LogP contribution in [0, 0.1) is 11.8 Å². The fourth-order valence-electron chi connectivity index (χ4n) is 1.98. The molecule has 1 aliphatic rings. The Morgan fingerprint density at radius 3 is 2.62 bits per heavy atom. The van der Waals surface area contributed by atoms with Gasteiger partial charge in [-0.25, -0.2) is 13.1 Å². The third-order valence-corrected chi connectivity index (χ3v) is 4.60. The standard InChI is InChI=1S/C14H16N2O4S/c17-9-1-2-11-3-6-13(7-4-11)21(19,20)16-12-5-8-14(18)15-10-12/h3-4,6-7,12,16-17H,5,8-10H2,(H,15,18). The second kappa shape index (κ2) is 6.72. The fraction of sp³-hybridized carbons (Fsp3) is 0.357. The van der Waals surface area contributed by atoms with E-state index in [0.717, 1.165) is 0 Å². The largest absolute Gasteiger partial charge is 0.384 e. The van der Waals surface area contributed by atoms with E-state index in [-0.39, 0.29) is 23.5 Å². The van der Waals surface area contributed by atoms with Crippen LogP contribution in [0.2, 0.25) is 0 Å². The summed E-state index contributed by atoms with van der Waals surface area (Å²) in [7, 11) is -3.61. The van der Waals surface area contributed by atoms with E-state index in [9.17, 15) is 13.2 Å². The van der Waals surface area contributed by atoms with Gasteiger partial charge in [-0.2, -0.15) is 0 Å². The Morgan fingerprint density at radius 2 is 2.05 bits per heavy atom. The monoisotopic (exact) mass is 308 g/mol. The number of sulfonamides is 1. The Kier molecular flexibility index (Phi) is 4.96. The molecule has 21 heavy (non-hydrogen) atoms. The van der Waals surface area contributed by atoms with Crippen LogP contribution in [0.25, 0.3) is 0 Å². The molecule has 0 radical (unpaired) electrons. The molecule has 0 bridgehead atoms. The summed E-state index contributed by atoms with van der Waals surface area (Å²) in [6, 6.07) is 5.80. The molecule has 1 aromatic carbocycles. The highest BCUT2D eigenvalue weighted by Gasteiger charge is 2.23. The first-order valence-corrected chi connectivity index (χ1v) is 7.98. The predicted molar refractivity (Wildman–Crippen MR) is 76.8 cm³/mol. The maximum Gasteiger partial charge on any atom is 0.240 e. The molecule has 1 amide bonds. The average Bonchev–Trinajstić information content (AvgIpc) is 2.48. The number of nitrogens with one attached hydrogen (secondary N) is 2. The number of aliphatic hydroxyl groups is 1. The maximum atomic E-state index is 12.2. The van der Waals surface area contributed by atoms with Crippen molar-refractivity contribution in [3.05, 3.63) is 29.8 Å². The quantitative estimate of drug-likeness (QED) is 0.661. The van der Waals surface area contributed by atoms with Gasteiger partial charge in [-0.05, 0) is 30.7 Å². The maximum absolute atomic E-state index is 12.2. The lowest BCUT2D eigenvalue weighted by molar-refractivity contribution is -0.122. The average molecular weight is 308 g/mol. The zero-order chi connectivity index (χ0) is 15.3. The Morgan fingerprint density at radius 1 is 1.33 bits per heavy atom. The minimum atomic E-state index is -3.61. The lowest BCUT2D eigenvalue weighted by Crippen LogP contribution is -2.47. The van der Waals surface area contributed by atoms with Gasteiger partial charge in [0.25, 0.3) is 0 Å².